The molecule has 17 nitrogen and oxygen atoms in total. The van der Waals surface area contributed by atoms with E-state index in [1.54, 1.807) is 139 Å². The summed E-state index contributed by atoms with van der Waals surface area (Å²) in [7, 11) is -3.84. The van der Waals surface area contributed by atoms with Gasteiger partial charge in [0, 0.05) is 165 Å². The summed E-state index contributed by atoms with van der Waals surface area (Å²) in [5, 5.41) is 16.4. The number of aliphatic hydroxyl groups is 2. The maximum absolute atomic E-state index is 10.7. The van der Waals surface area contributed by atoms with E-state index in [1.807, 2.05) is 159 Å². The van der Waals surface area contributed by atoms with Crippen molar-refractivity contribution in [2.45, 2.75) is 190 Å². The van der Waals surface area contributed by atoms with E-state index >= 15 is 0 Å². The van der Waals surface area contributed by atoms with Gasteiger partial charge in [-0.15, -0.1) is 126 Å². The van der Waals surface area contributed by atoms with Crippen LogP contribution in [0.1, 0.15) is 273 Å². The molecule has 20 aromatic rings. The smallest absolute Gasteiger partial charge is 0.486 e. The monoisotopic (exact) mass is 2330 g/mol. The normalized spacial score (nSPS) is 18.0. The summed E-state index contributed by atoms with van der Waals surface area (Å²) in [6.07, 6.45) is 2.21. The van der Waals surface area contributed by atoms with Crippen LogP contribution in [0.5, 0.6) is 0 Å². The average Bonchev–Trinajstić information content (AvgIpc) is 1.52. The molecule has 23 heteroatoms. The van der Waals surface area contributed by atoms with Gasteiger partial charge in [0.2, 0.25) is 11.4 Å². The number of pyridine rings is 4. The van der Waals surface area contributed by atoms with Crippen LogP contribution in [0, 0.1) is 51.7 Å². The molecule has 5 atom stereocenters. The van der Waals surface area contributed by atoms with Gasteiger partial charge < -0.3 is 37.7 Å². The number of para-hydroxylation sites is 10. The molecule has 3 N–H and O–H groups in total. The Morgan fingerprint density at radius 1 is 0.357 bits per heavy atom. The zero-order chi connectivity index (χ0) is 131. The molecule has 2 radical (unpaired) electrons. The second-order valence-corrected chi connectivity index (χ2v) is 34.0. The van der Waals surface area contributed by atoms with Crippen molar-refractivity contribution in [2.75, 3.05) is 14.2 Å². The predicted molar refractivity (Wildman–Crippen MR) is 570 cm³/mol. The fourth-order valence-electron chi connectivity index (χ4n) is 15.9. The maximum atomic E-state index is 10.7. The van der Waals surface area contributed by atoms with Crippen molar-refractivity contribution in [2.24, 2.45) is 0 Å². The Kier molecular flexibility index (Phi) is 24.1. The van der Waals surface area contributed by atoms with Gasteiger partial charge in [0.1, 0.15) is 5.58 Å². The van der Waals surface area contributed by atoms with Crippen molar-refractivity contribution in [1.82, 2.24) is 48.6 Å². The number of hydrogen-bond donors (Lipinski definition) is 3. The van der Waals surface area contributed by atoms with E-state index in [4.69, 9.17) is 94.9 Å². The number of aryl methyl sites for hydroxylation is 4. The van der Waals surface area contributed by atoms with Gasteiger partial charge in [-0.2, -0.15) is 21.6 Å². The Labute approximate surface area is 913 Å². The summed E-state index contributed by atoms with van der Waals surface area (Å²) in [5.41, 5.74) is 6.25. The quantitative estimate of drug-likeness (QED) is 0.0465. The van der Waals surface area contributed by atoms with E-state index in [-0.39, 0.29) is 102 Å². The van der Waals surface area contributed by atoms with Crippen LogP contribution < -0.4 is 0 Å². The van der Waals surface area contributed by atoms with Crippen LogP contribution in [0.3, 0.4) is 0 Å². The SMILES string of the molecule is CO.CO.O=S(=O)(O)C(F)(F)F.[2H]C(C)(C)c1cccc(C([2H])(C)C([2H])([2H])[2H])c1-n1c(-c2[c-]cccc2)nc2ccccc21.[2H]C(C)(C)c1cccc(C([2H])(C)C([2H])([2H])[2H])c1-n1c(-c2[c-]cccc2)nc2ccccc21.[2H]C(C)(C)c1cccc(C([2H])(C)C([2H])([2H])[2H])c1-n1c(-c2[c-]cccc2)nc2ccccc21.[2H]C([2H])([2H])c1ccc2c(n1)oc1c(-c3cc(C([2H])([2H])[2H])c(C([2H])(C)C([2H])([2H])[2H])cn3)[c-]ccc12.[2H]C([2H])([2H])c1ccc2c(n1)oc1c(-c3cc(C([2H])([2H])[2H])c(C([2H])(C)C([2H])([2H])[2H])cn3)cccc12.[Ir].[Ir]. The number of aromatic nitrogens is 10. The zero-order valence-corrected chi connectivity index (χ0v) is 85.3. The summed E-state index contributed by atoms with van der Waals surface area (Å²) in [6, 6.07) is 90.5. The number of fused-ring (bicyclic) bond motifs is 9. The molecule has 5 unspecified atom stereocenters. The summed E-state index contributed by atoms with van der Waals surface area (Å²) in [6.45, 7) is -6.41. The van der Waals surface area contributed by atoms with E-state index in [9.17, 15) is 13.2 Å². The number of benzene rings is 11. The number of hydrogen-bond acceptors (Lipinski definition) is 13. The van der Waals surface area contributed by atoms with Crippen molar-refractivity contribution in [3.05, 3.63) is 371 Å². The number of nitrogens with zero attached hydrogens (tertiary/aromatic N) is 10. The van der Waals surface area contributed by atoms with Gasteiger partial charge in [0.15, 0.2) is 0 Å². The molecule has 0 saturated carbocycles. The van der Waals surface area contributed by atoms with Gasteiger partial charge in [-0.3, -0.25) is 24.5 Å². The van der Waals surface area contributed by atoms with Gasteiger partial charge in [0.25, 0.3) is 0 Å². The van der Waals surface area contributed by atoms with Crippen molar-refractivity contribution < 1.29 is 133 Å². The molecule has 0 amide bonds. The molecule has 9 heterocycles. The molecule has 143 heavy (non-hydrogen) atoms. The minimum atomic E-state index is -5.84. The third kappa shape index (κ3) is 24.5. The van der Waals surface area contributed by atoms with Crippen molar-refractivity contribution >= 4 is 87.4 Å². The zero-order valence-electron chi connectivity index (χ0n) is 115. The van der Waals surface area contributed by atoms with E-state index < -0.39 is 124 Å². The number of halogens is 3. The van der Waals surface area contributed by atoms with Crippen LogP contribution >= 0.6 is 0 Å². The molecule has 0 aliphatic heterocycles. The molecule has 11 aromatic carbocycles. The molecule has 0 fully saturated rings. The van der Waals surface area contributed by atoms with E-state index in [0.717, 1.165) is 90.3 Å². The molecule has 0 aliphatic rings. The average molecular weight is 2330 g/mol. The second-order valence-electron chi connectivity index (χ2n) is 32.6. The number of alkyl halides is 3. The van der Waals surface area contributed by atoms with Crippen molar-refractivity contribution in [3.8, 4) is 73.7 Å². The minimum Gasteiger partial charge on any atom is -0.486 e. The molecular formula is C120H123F3Ir2N10O7S-4. The fourth-order valence-corrected chi connectivity index (χ4v) is 15.9. The van der Waals surface area contributed by atoms with E-state index in [1.165, 1.54) is 45.0 Å². The Morgan fingerprint density at radius 3 is 1.03 bits per heavy atom. The number of rotatable bonds is 16. The molecular weight excluding hydrogens is 2170 g/mol. The fraction of sp³-hybridized carbons (Fsp3) is 0.258. The van der Waals surface area contributed by atoms with Gasteiger partial charge >= 0.3 is 15.6 Å². The topological polar surface area (TPSA) is 226 Å². The Hall–Kier alpha value is -13.1. The van der Waals surface area contributed by atoms with Crippen molar-refractivity contribution in [3.63, 3.8) is 0 Å². The molecule has 9 aromatic heterocycles. The molecule has 0 bridgehead atoms. The number of imidazole rings is 3. The minimum absolute atomic E-state index is 0. The van der Waals surface area contributed by atoms with Gasteiger partial charge in [-0.1, -0.05) is 236 Å². The standard InChI is InChI=1S/3C25H25N2.C21H20N2O.C21H19N2O.CHF3O3S.2CH4O.2Ir/c3*1-17(2)20-13-10-14-21(18(3)4)24(20)27-23-16-9-8-15-22(23)26-25(27)19-11-6-5-7-12-19;2*1-12(2)18-11-22-19(10-13(18)3)17-7-5-6-15-16-9-8-14(4)23-21(16)24-20(15)17;2-1(3,4)8(5,6)7;2*1-2;;/h3*5-11,13-18H,1-4H3;5-12H,1-4H3;5-6,8-12H,1-4H3;(H,5,6,7);2*2H,1H3;;/q3*-1;;-1;;;;;/i3*1D3,17D,18D;2*1D3,3D3,4D3,12D;;;;;. The largest absolute Gasteiger partial charge is 0.522 e. The van der Waals surface area contributed by atoms with Gasteiger partial charge in [-0.25, -0.2) is 9.97 Å². The van der Waals surface area contributed by atoms with Crippen LogP contribution in [0.15, 0.2) is 288 Å². The summed E-state index contributed by atoms with van der Waals surface area (Å²) < 4.78 is 357. The first-order chi connectivity index (χ1) is 81.1. The number of furan rings is 2. The Bertz CT molecular complexity index is 8780. The first-order valence-corrected chi connectivity index (χ1v) is 45.3. The van der Waals surface area contributed by atoms with E-state index in [0.29, 0.717) is 106 Å². The van der Waals surface area contributed by atoms with Crippen LogP contribution in [-0.2, 0) is 50.3 Å². The first-order valence-electron chi connectivity index (χ1n) is 61.4. The Balaban J connectivity index is 0.000000201. The Morgan fingerprint density at radius 2 is 0.685 bits per heavy atom. The van der Waals surface area contributed by atoms with Crippen LogP contribution in [-0.4, -0.2) is 91.5 Å². The third-order valence-electron chi connectivity index (χ3n) is 22.2. The van der Waals surface area contributed by atoms with Crippen LogP contribution in [0.4, 0.5) is 13.2 Å². The number of aliphatic hydroxyl groups excluding tert-OH is 2. The van der Waals surface area contributed by atoms with Gasteiger partial charge in [-0.05, 0) is 203 Å². The third-order valence-corrected chi connectivity index (χ3v) is 22.8. The van der Waals surface area contributed by atoms with Gasteiger partial charge in [0.05, 0.1) is 61.9 Å². The maximum Gasteiger partial charge on any atom is 0.522 e. The van der Waals surface area contributed by atoms with Crippen LogP contribution in [0.25, 0.3) is 151 Å². The predicted octanol–water partition coefficient (Wildman–Crippen LogP) is 31.2. The molecule has 0 saturated heterocycles. The van der Waals surface area contributed by atoms with E-state index in [2.05, 4.69) is 44.2 Å². The molecule has 20 rings (SSSR count). The summed E-state index contributed by atoms with van der Waals surface area (Å²) >= 11 is 0. The first kappa shape index (κ1) is 70.6. The molecule has 0 aliphatic carbocycles. The van der Waals surface area contributed by atoms with Crippen molar-refractivity contribution in [1.29, 1.82) is 0 Å². The summed E-state index contributed by atoms with van der Waals surface area (Å²) in [5.74, 6) is -11.4. The summed E-state index contributed by atoms with van der Waals surface area (Å²) in [4.78, 5) is 31.3. The second kappa shape index (κ2) is 48.8. The van der Waals surface area contributed by atoms with Crippen LogP contribution in [0.2, 0.25) is 0 Å². The molecule has 0 spiro atoms. The molecule has 744 valence electrons.